The van der Waals surface area contributed by atoms with Crippen LogP contribution in [0.2, 0.25) is 5.02 Å². The molecule has 0 bridgehead atoms. The van der Waals surface area contributed by atoms with Gasteiger partial charge >= 0.3 is 5.97 Å². The van der Waals surface area contributed by atoms with Crippen LogP contribution in [0.1, 0.15) is 33.2 Å². The summed E-state index contributed by atoms with van der Waals surface area (Å²) in [6, 6.07) is 32.6. The van der Waals surface area contributed by atoms with Gasteiger partial charge < -0.3 is 15.0 Å². The number of anilines is 2. The molecular formula is C33H25ClN6O2. The lowest BCUT2D eigenvalue weighted by atomic mass is 9.92. The summed E-state index contributed by atoms with van der Waals surface area (Å²) in [6.45, 7) is 2.01. The molecule has 8 nitrogen and oxygen atoms in total. The number of fused-ring (bicyclic) bond motifs is 4. The smallest absolute Gasteiger partial charge is 0.337 e. The van der Waals surface area contributed by atoms with Crippen LogP contribution >= 0.6 is 11.6 Å². The van der Waals surface area contributed by atoms with Gasteiger partial charge in [-0.05, 0) is 73.2 Å². The third-order valence-corrected chi connectivity index (χ3v) is 7.65. The molecule has 1 N–H and O–H groups in total. The Morgan fingerprint density at radius 2 is 1.60 bits per heavy atom. The Labute approximate surface area is 247 Å². The van der Waals surface area contributed by atoms with Crippen molar-refractivity contribution in [2.24, 2.45) is 9.98 Å². The topological polar surface area (TPSA) is 84.1 Å². The van der Waals surface area contributed by atoms with Crippen LogP contribution in [0.5, 0.6) is 0 Å². The minimum absolute atomic E-state index is 0.310. The highest BCUT2D eigenvalue weighted by molar-refractivity contribution is 6.51. The van der Waals surface area contributed by atoms with Gasteiger partial charge in [0.05, 0.1) is 41.5 Å². The van der Waals surface area contributed by atoms with Crippen LogP contribution in [0.4, 0.5) is 22.9 Å². The Balaban J connectivity index is 1.47. The molecule has 0 saturated carbocycles. The molecule has 4 aromatic carbocycles. The number of methoxy groups -OCH3 is 1. The number of amidine groups is 2. The van der Waals surface area contributed by atoms with Crippen molar-refractivity contribution in [1.29, 1.82) is 0 Å². The van der Waals surface area contributed by atoms with Crippen molar-refractivity contribution in [2.75, 3.05) is 17.3 Å². The largest absolute Gasteiger partial charge is 0.465 e. The van der Waals surface area contributed by atoms with Gasteiger partial charge in [-0.3, -0.25) is 0 Å². The van der Waals surface area contributed by atoms with Crippen molar-refractivity contribution >= 4 is 52.1 Å². The average molecular weight is 573 g/mol. The zero-order valence-electron chi connectivity index (χ0n) is 22.8. The van der Waals surface area contributed by atoms with Crippen LogP contribution < -0.4 is 10.2 Å². The third-order valence-electron chi connectivity index (χ3n) is 7.39. The second kappa shape index (κ2) is 10.3. The summed E-state index contributed by atoms with van der Waals surface area (Å²) < 4.78 is 6.83. The lowest BCUT2D eigenvalue weighted by Gasteiger charge is -2.40. The number of aromatic nitrogens is 2. The van der Waals surface area contributed by atoms with Gasteiger partial charge in [0.25, 0.3) is 0 Å². The van der Waals surface area contributed by atoms with Gasteiger partial charge in [-0.15, -0.1) is 0 Å². The number of nitrogens with one attached hydrogen (secondary N) is 1. The van der Waals surface area contributed by atoms with Gasteiger partial charge in [-0.25, -0.2) is 19.5 Å². The molecule has 3 heterocycles. The molecule has 1 aromatic heterocycles. The van der Waals surface area contributed by atoms with Crippen molar-refractivity contribution in [3.63, 3.8) is 0 Å². The maximum Gasteiger partial charge on any atom is 0.337 e. The molecule has 0 spiro atoms. The van der Waals surface area contributed by atoms with Gasteiger partial charge in [0.15, 0.2) is 17.5 Å². The molecule has 5 aromatic rings. The Morgan fingerprint density at radius 1 is 0.881 bits per heavy atom. The van der Waals surface area contributed by atoms with E-state index in [0.717, 1.165) is 45.4 Å². The quantitative estimate of drug-likeness (QED) is 0.227. The van der Waals surface area contributed by atoms with Gasteiger partial charge in [0.1, 0.15) is 0 Å². The first kappa shape index (κ1) is 25.7. The number of rotatable bonds is 4. The highest BCUT2D eigenvalue weighted by Crippen LogP contribution is 2.48. The van der Waals surface area contributed by atoms with E-state index in [9.17, 15) is 4.79 Å². The Morgan fingerprint density at radius 3 is 2.33 bits per heavy atom. The van der Waals surface area contributed by atoms with Crippen LogP contribution in [0.3, 0.4) is 0 Å². The maximum atomic E-state index is 12.2. The molecule has 1 atom stereocenters. The van der Waals surface area contributed by atoms with Gasteiger partial charge in [-0.1, -0.05) is 54.1 Å². The standard InChI is InChI=1S/C33H25ClN6O2/c1-20-28-29(21-12-14-22(15-13-21)33(41)42-2)39-27-11-7-6-10-26(27)36-30(35-24-18-16-23(34)17-19-24)32(39)37-31(28)40(38-20)25-8-4-3-5-9-25/h3-19,29H,1-2H3,(H,35,36). The zero-order valence-corrected chi connectivity index (χ0v) is 23.6. The highest BCUT2D eigenvalue weighted by Gasteiger charge is 2.41. The molecule has 0 aliphatic carbocycles. The van der Waals surface area contributed by atoms with Gasteiger partial charge in [-0.2, -0.15) is 5.10 Å². The number of carbonyl (C=O) groups excluding carboxylic acids is 1. The second-order valence-corrected chi connectivity index (χ2v) is 10.4. The van der Waals surface area contributed by atoms with Crippen molar-refractivity contribution in [1.82, 2.24) is 9.78 Å². The van der Waals surface area contributed by atoms with Crippen LogP contribution in [-0.2, 0) is 4.74 Å². The fraction of sp³-hybridized carbons (Fsp3) is 0.0909. The molecule has 2 aliphatic heterocycles. The summed E-state index contributed by atoms with van der Waals surface area (Å²) in [6.07, 6.45) is 0. The monoisotopic (exact) mass is 572 g/mol. The molecule has 1 unspecified atom stereocenters. The van der Waals surface area contributed by atoms with Gasteiger partial charge in [0, 0.05) is 16.3 Å². The summed E-state index contributed by atoms with van der Waals surface area (Å²) >= 11 is 6.16. The van der Waals surface area contributed by atoms with E-state index in [2.05, 4.69) is 10.2 Å². The highest BCUT2D eigenvalue weighted by atomic mass is 35.5. The predicted molar refractivity (Wildman–Crippen MR) is 166 cm³/mol. The summed E-state index contributed by atoms with van der Waals surface area (Å²) in [5.74, 6) is 1.58. The molecule has 206 valence electrons. The second-order valence-electron chi connectivity index (χ2n) is 9.97. The van der Waals surface area contributed by atoms with Crippen LogP contribution in [0.15, 0.2) is 113 Å². The molecule has 9 heteroatoms. The molecule has 7 rings (SSSR count). The van der Waals surface area contributed by atoms with E-state index in [1.54, 1.807) is 12.1 Å². The van der Waals surface area contributed by atoms with E-state index in [-0.39, 0.29) is 12.0 Å². The number of carbonyl (C=O) groups is 1. The third kappa shape index (κ3) is 4.33. The fourth-order valence-electron chi connectivity index (χ4n) is 5.45. The summed E-state index contributed by atoms with van der Waals surface area (Å²) in [4.78, 5) is 24.7. The molecule has 0 fully saturated rings. The number of hydrogen-bond acceptors (Lipinski definition) is 7. The molecule has 0 amide bonds. The normalized spacial score (nSPS) is 15.1. The van der Waals surface area contributed by atoms with E-state index < -0.39 is 0 Å². The van der Waals surface area contributed by atoms with Crippen molar-refractivity contribution in [3.05, 3.63) is 131 Å². The molecule has 42 heavy (non-hydrogen) atoms. The first-order valence-corrected chi connectivity index (χ1v) is 13.8. The number of benzene rings is 4. The maximum absolute atomic E-state index is 12.2. The van der Waals surface area contributed by atoms with Crippen molar-refractivity contribution < 1.29 is 9.53 Å². The lowest BCUT2D eigenvalue weighted by Crippen LogP contribution is -2.46. The Bertz CT molecular complexity index is 1880. The van der Waals surface area contributed by atoms with Crippen LogP contribution in [0.25, 0.3) is 5.69 Å². The SMILES string of the molecule is COC(=O)c1ccc(C2c3c(C)nn(-c4ccccc4)c3N=C3C(Nc4ccc(Cl)cc4)=Nc4ccccc4N32)cc1. The Hall–Kier alpha value is -5.21. The van der Waals surface area contributed by atoms with E-state index in [1.807, 2.05) is 103 Å². The minimum Gasteiger partial charge on any atom is -0.465 e. The summed E-state index contributed by atoms with van der Waals surface area (Å²) in [5.41, 5.74) is 6.72. The Kier molecular flexibility index (Phi) is 6.32. The van der Waals surface area contributed by atoms with Crippen molar-refractivity contribution in [2.45, 2.75) is 13.0 Å². The van der Waals surface area contributed by atoms with E-state index >= 15 is 0 Å². The summed E-state index contributed by atoms with van der Waals surface area (Å²) in [5, 5.41) is 9.09. The number of nitrogens with zero attached hydrogens (tertiary/aromatic N) is 5. The number of aliphatic imine (C=N–C) groups is 2. The lowest BCUT2D eigenvalue weighted by molar-refractivity contribution is 0.0600. The number of ether oxygens (including phenoxy) is 1. The predicted octanol–water partition coefficient (Wildman–Crippen LogP) is 7.42. The number of esters is 1. The first-order valence-electron chi connectivity index (χ1n) is 13.4. The number of aryl methyl sites for hydroxylation is 1. The zero-order chi connectivity index (χ0) is 28.8. The minimum atomic E-state index is -0.383. The average Bonchev–Trinajstić information content (AvgIpc) is 3.37. The van der Waals surface area contributed by atoms with E-state index in [0.29, 0.717) is 22.3 Å². The fourth-order valence-corrected chi connectivity index (χ4v) is 5.58. The first-order chi connectivity index (χ1) is 20.5. The van der Waals surface area contributed by atoms with E-state index in [4.69, 9.17) is 31.4 Å². The van der Waals surface area contributed by atoms with E-state index in [1.165, 1.54) is 7.11 Å². The number of halogens is 1. The van der Waals surface area contributed by atoms with Gasteiger partial charge in [0.2, 0.25) is 0 Å². The summed E-state index contributed by atoms with van der Waals surface area (Å²) in [7, 11) is 1.38. The van der Waals surface area contributed by atoms with Crippen LogP contribution in [0, 0.1) is 6.92 Å². The number of hydrogen-bond donors (Lipinski definition) is 1. The van der Waals surface area contributed by atoms with Crippen molar-refractivity contribution in [3.8, 4) is 5.69 Å². The molecule has 0 saturated heterocycles. The molecule has 2 aliphatic rings. The number of para-hydroxylation sites is 3. The van der Waals surface area contributed by atoms with Crippen LogP contribution in [-0.4, -0.2) is 34.5 Å². The molecule has 0 radical (unpaired) electrons. The molecular weight excluding hydrogens is 548 g/mol.